The topological polar surface area (TPSA) is 129 Å². The highest BCUT2D eigenvalue weighted by Gasteiger charge is 2.16. The molecule has 80 valence electrons. The number of rotatable bonds is 7. The highest BCUT2D eigenvalue weighted by Crippen LogP contribution is 2.12. The third-order valence-corrected chi connectivity index (χ3v) is 1.88. The first-order valence-corrected chi connectivity index (χ1v) is 4.29. The molecular formula is C8H15N3O3. The molecule has 14 heavy (non-hydrogen) atoms. The number of primary amides is 3. The van der Waals surface area contributed by atoms with Crippen LogP contribution < -0.4 is 17.2 Å². The lowest BCUT2D eigenvalue weighted by Gasteiger charge is -2.10. The number of amides is 3. The van der Waals surface area contributed by atoms with Crippen LogP contribution in [0.3, 0.4) is 0 Å². The molecule has 0 fully saturated rings. The molecule has 0 unspecified atom stereocenters. The van der Waals surface area contributed by atoms with E-state index in [9.17, 15) is 14.4 Å². The van der Waals surface area contributed by atoms with Gasteiger partial charge >= 0.3 is 0 Å². The zero-order valence-corrected chi connectivity index (χ0v) is 7.86. The van der Waals surface area contributed by atoms with Gasteiger partial charge in [-0.3, -0.25) is 14.4 Å². The molecule has 0 aromatic rings. The molecule has 0 saturated carbocycles. The summed E-state index contributed by atoms with van der Waals surface area (Å²) in [6, 6.07) is 0. The largest absolute Gasteiger partial charge is 0.370 e. The fourth-order valence-electron chi connectivity index (χ4n) is 1.06. The minimum atomic E-state index is -0.535. The minimum absolute atomic E-state index is 0.0897. The summed E-state index contributed by atoms with van der Waals surface area (Å²) in [5.41, 5.74) is 14.9. The van der Waals surface area contributed by atoms with E-state index in [4.69, 9.17) is 17.2 Å². The van der Waals surface area contributed by atoms with Gasteiger partial charge in [0.2, 0.25) is 17.7 Å². The normalized spacial score (nSPS) is 10.1. The molecule has 3 amide bonds. The highest BCUT2D eigenvalue weighted by molar-refractivity contribution is 5.80. The Labute approximate surface area is 81.8 Å². The highest BCUT2D eigenvalue weighted by atomic mass is 16.2. The molecule has 0 rings (SSSR count). The van der Waals surface area contributed by atoms with Crippen LogP contribution in [0.15, 0.2) is 0 Å². The van der Waals surface area contributed by atoms with E-state index in [1.807, 2.05) is 0 Å². The summed E-state index contributed by atoms with van der Waals surface area (Å²) >= 11 is 0. The number of carbonyl (C=O) groups excluding carboxylic acids is 3. The van der Waals surface area contributed by atoms with E-state index < -0.39 is 23.6 Å². The smallest absolute Gasteiger partial charge is 0.220 e. The van der Waals surface area contributed by atoms with E-state index in [2.05, 4.69) is 0 Å². The van der Waals surface area contributed by atoms with Crippen LogP contribution in [0.2, 0.25) is 0 Å². The van der Waals surface area contributed by atoms with Crippen molar-refractivity contribution < 1.29 is 14.4 Å². The SMILES string of the molecule is NC(=O)CCC(CCC(N)=O)C(N)=O. The van der Waals surface area contributed by atoms with Crippen molar-refractivity contribution in [2.24, 2.45) is 23.1 Å². The Hall–Kier alpha value is -1.59. The van der Waals surface area contributed by atoms with Gasteiger partial charge in [0.1, 0.15) is 0 Å². The maximum absolute atomic E-state index is 10.8. The number of hydrogen-bond donors (Lipinski definition) is 3. The lowest BCUT2D eigenvalue weighted by atomic mass is 9.96. The van der Waals surface area contributed by atoms with Gasteiger partial charge in [0.15, 0.2) is 0 Å². The van der Waals surface area contributed by atoms with Crippen molar-refractivity contribution in [1.82, 2.24) is 0 Å². The molecule has 0 heterocycles. The summed E-state index contributed by atoms with van der Waals surface area (Å²) in [5, 5.41) is 0. The van der Waals surface area contributed by atoms with Crippen molar-refractivity contribution in [3.8, 4) is 0 Å². The quantitative estimate of drug-likeness (QED) is 0.469. The van der Waals surface area contributed by atoms with Gasteiger partial charge < -0.3 is 17.2 Å². The summed E-state index contributed by atoms with van der Waals surface area (Å²) in [6.07, 6.45) is 0.731. The van der Waals surface area contributed by atoms with Crippen LogP contribution in [0, 0.1) is 5.92 Å². The summed E-state index contributed by atoms with van der Waals surface area (Å²) < 4.78 is 0. The van der Waals surface area contributed by atoms with Gasteiger partial charge in [-0.05, 0) is 12.8 Å². The molecule has 6 nitrogen and oxygen atoms in total. The van der Waals surface area contributed by atoms with Gasteiger partial charge in [0.05, 0.1) is 0 Å². The summed E-state index contributed by atoms with van der Waals surface area (Å²) in [4.78, 5) is 31.7. The van der Waals surface area contributed by atoms with Crippen molar-refractivity contribution in [3.05, 3.63) is 0 Å². The van der Waals surface area contributed by atoms with Crippen molar-refractivity contribution in [2.45, 2.75) is 25.7 Å². The molecule has 0 aliphatic rings. The first kappa shape index (κ1) is 12.4. The van der Waals surface area contributed by atoms with Crippen molar-refractivity contribution in [2.75, 3.05) is 0 Å². The molecule has 0 radical (unpaired) electrons. The van der Waals surface area contributed by atoms with E-state index in [1.54, 1.807) is 0 Å². The average Bonchev–Trinajstić information content (AvgIpc) is 2.02. The van der Waals surface area contributed by atoms with Crippen molar-refractivity contribution in [3.63, 3.8) is 0 Å². The molecular weight excluding hydrogens is 186 g/mol. The predicted molar refractivity (Wildman–Crippen MR) is 49.5 cm³/mol. The van der Waals surface area contributed by atoms with Gasteiger partial charge in [-0.15, -0.1) is 0 Å². The standard InChI is InChI=1S/C8H15N3O3/c9-6(12)3-1-5(8(11)14)2-4-7(10)13/h5H,1-4H2,(H2,9,12)(H2,10,13)(H2,11,14). The van der Waals surface area contributed by atoms with Crippen LogP contribution in [0.4, 0.5) is 0 Å². The van der Waals surface area contributed by atoms with Crippen LogP contribution in [0.1, 0.15) is 25.7 Å². The Morgan fingerprint density at radius 3 is 1.43 bits per heavy atom. The predicted octanol–water partition coefficient (Wildman–Crippen LogP) is -1.38. The Morgan fingerprint density at radius 2 is 1.21 bits per heavy atom. The molecule has 0 aliphatic heterocycles. The third kappa shape index (κ3) is 5.99. The molecule has 6 heteroatoms. The second kappa shape index (κ2) is 5.95. The van der Waals surface area contributed by atoms with E-state index in [0.29, 0.717) is 0 Å². The number of carbonyl (C=O) groups is 3. The molecule has 6 N–H and O–H groups in total. The van der Waals surface area contributed by atoms with Crippen molar-refractivity contribution in [1.29, 1.82) is 0 Å². The van der Waals surface area contributed by atoms with Crippen LogP contribution >= 0.6 is 0 Å². The summed E-state index contributed by atoms with van der Waals surface area (Å²) in [7, 11) is 0. The molecule has 0 atom stereocenters. The van der Waals surface area contributed by atoms with E-state index in [1.165, 1.54) is 0 Å². The van der Waals surface area contributed by atoms with Crippen LogP contribution in [-0.2, 0) is 14.4 Å². The van der Waals surface area contributed by atoms with Gasteiger partial charge in [-0.1, -0.05) is 0 Å². The molecule has 0 aromatic carbocycles. The van der Waals surface area contributed by atoms with E-state index in [-0.39, 0.29) is 25.7 Å². The average molecular weight is 201 g/mol. The fourth-order valence-corrected chi connectivity index (χ4v) is 1.06. The molecule has 0 bridgehead atoms. The number of hydrogen-bond acceptors (Lipinski definition) is 3. The van der Waals surface area contributed by atoms with E-state index in [0.717, 1.165) is 0 Å². The Bertz CT molecular complexity index is 222. The zero-order chi connectivity index (χ0) is 11.1. The van der Waals surface area contributed by atoms with Gasteiger partial charge in [-0.2, -0.15) is 0 Å². The lowest BCUT2D eigenvalue weighted by Crippen LogP contribution is -2.26. The lowest BCUT2D eigenvalue weighted by molar-refractivity contribution is -0.123. The fraction of sp³-hybridized carbons (Fsp3) is 0.625. The van der Waals surface area contributed by atoms with E-state index >= 15 is 0 Å². The third-order valence-electron chi connectivity index (χ3n) is 1.88. The second-order valence-electron chi connectivity index (χ2n) is 3.11. The van der Waals surface area contributed by atoms with Crippen LogP contribution in [0.5, 0.6) is 0 Å². The Kier molecular flexibility index (Phi) is 5.28. The monoisotopic (exact) mass is 201 g/mol. The maximum atomic E-state index is 10.8. The minimum Gasteiger partial charge on any atom is -0.370 e. The number of nitrogens with two attached hydrogens (primary N) is 3. The summed E-state index contributed by atoms with van der Waals surface area (Å²) in [6.45, 7) is 0. The van der Waals surface area contributed by atoms with Crippen LogP contribution in [-0.4, -0.2) is 17.7 Å². The molecule has 0 aliphatic carbocycles. The molecule has 0 aromatic heterocycles. The summed E-state index contributed by atoms with van der Waals surface area (Å²) in [5.74, 6) is -2.02. The van der Waals surface area contributed by atoms with Gasteiger partial charge in [-0.25, -0.2) is 0 Å². The van der Waals surface area contributed by atoms with Crippen LogP contribution in [0.25, 0.3) is 0 Å². The van der Waals surface area contributed by atoms with Gasteiger partial charge in [0.25, 0.3) is 0 Å². The maximum Gasteiger partial charge on any atom is 0.220 e. The first-order valence-electron chi connectivity index (χ1n) is 4.29. The van der Waals surface area contributed by atoms with Crippen molar-refractivity contribution >= 4 is 17.7 Å². The molecule has 0 saturated heterocycles. The van der Waals surface area contributed by atoms with Gasteiger partial charge in [0, 0.05) is 18.8 Å². The zero-order valence-electron chi connectivity index (χ0n) is 7.86. The first-order chi connectivity index (χ1) is 6.43. The second-order valence-corrected chi connectivity index (χ2v) is 3.11. The Balaban J connectivity index is 3.96. The Morgan fingerprint density at radius 1 is 0.857 bits per heavy atom. The molecule has 0 spiro atoms.